The number of ether oxygens (including phenoxy) is 1. The number of hydrogen-bond acceptors (Lipinski definition) is 3. The van der Waals surface area contributed by atoms with Crippen molar-refractivity contribution in [2.75, 3.05) is 6.54 Å². The van der Waals surface area contributed by atoms with Crippen molar-refractivity contribution in [2.24, 2.45) is 0 Å². The first kappa shape index (κ1) is 17.5. The molecule has 0 aromatic heterocycles. The van der Waals surface area contributed by atoms with Crippen LogP contribution < -0.4 is 5.32 Å². The minimum Gasteiger partial charge on any atom is -0.444 e. The fourth-order valence-corrected chi connectivity index (χ4v) is 2.25. The minimum atomic E-state index is -0.502. The molecule has 1 saturated heterocycles. The van der Waals surface area contributed by atoms with Crippen molar-refractivity contribution >= 4 is 12.0 Å². The van der Waals surface area contributed by atoms with Crippen molar-refractivity contribution in [2.45, 2.75) is 72.1 Å². The molecule has 0 unspecified atom stereocenters. The van der Waals surface area contributed by atoms with Crippen LogP contribution in [-0.2, 0) is 9.53 Å². The molecule has 1 aliphatic heterocycles. The lowest BCUT2D eigenvalue weighted by Crippen LogP contribution is -2.39. The predicted molar refractivity (Wildman–Crippen MR) is 83.0 cm³/mol. The molecule has 1 heterocycles. The van der Waals surface area contributed by atoms with E-state index in [9.17, 15) is 9.59 Å². The number of rotatable bonds is 3. The van der Waals surface area contributed by atoms with Crippen LogP contribution in [0.4, 0.5) is 4.79 Å². The number of carbonyl (C=O) groups excluding carboxylic acids is 2. The Morgan fingerprint density at radius 2 is 1.95 bits per heavy atom. The quantitative estimate of drug-likeness (QED) is 0.815. The third-order valence-corrected chi connectivity index (χ3v) is 3.15. The zero-order valence-corrected chi connectivity index (χ0v) is 14.0. The van der Waals surface area contributed by atoms with Gasteiger partial charge in [-0.15, -0.1) is 0 Å². The Morgan fingerprint density at radius 1 is 1.33 bits per heavy atom. The van der Waals surface area contributed by atoms with Crippen LogP contribution in [0.25, 0.3) is 0 Å². The van der Waals surface area contributed by atoms with Crippen molar-refractivity contribution < 1.29 is 14.3 Å². The number of nitrogens with zero attached hydrogens (tertiary/aromatic N) is 1. The Labute approximate surface area is 127 Å². The molecular weight excluding hydrogens is 268 g/mol. The van der Waals surface area contributed by atoms with Crippen molar-refractivity contribution in [3.05, 3.63) is 11.6 Å². The second-order valence-electron chi connectivity index (χ2n) is 6.86. The smallest absolute Gasteiger partial charge is 0.410 e. The summed E-state index contributed by atoms with van der Waals surface area (Å²) in [7, 11) is 0. The van der Waals surface area contributed by atoms with Crippen LogP contribution in [0.15, 0.2) is 11.6 Å². The largest absolute Gasteiger partial charge is 0.444 e. The van der Waals surface area contributed by atoms with Crippen LogP contribution in [0.2, 0.25) is 0 Å². The summed E-state index contributed by atoms with van der Waals surface area (Å²) in [5.74, 6) is -0.0824. The average molecular weight is 296 g/mol. The second-order valence-corrected chi connectivity index (χ2v) is 6.86. The maximum absolute atomic E-state index is 12.2. The van der Waals surface area contributed by atoms with E-state index in [0.717, 1.165) is 12.8 Å². The van der Waals surface area contributed by atoms with E-state index in [0.29, 0.717) is 12.1 Å². The molecule has 0 saturated carbocycles. The Morgan fingerprint density at radius 3 is 2.48 bits per heavy atom. The fraction of sp³-hybridized carbons (Fsp3) is 0.750. The van der Waals surface area contributed by atoms with E-state index in [-0.39, 0.29) is 24.1 Å². The summed E-state index contributed by atoms with van der Waals surface area (Å²) >= 11 is 0. The topological polar surface area (TPSA) is 58.6 Å². The summed E-state index contributed by atoms with van der Waals surface area (Å²) in [6.45, 7) is 11.9. The highest BCUT2D eigenvalue weighted by Crippen LogP contribution is 2.22. The molecule has 2 amide bonds. The van der Waals surface area contributed by atoms with Gasteiger partial charge in [-0.25, -0.2) is 4.79 Å². The van der Waals surface area contributed by atoms with Gasteiger partial charge in [-0.3, -0.25) is 4.79 Å². The molecule has 5 nitrogen and oxygen atoms in total. The predicted octanol–water partition coefficient (Wildman–Crippen LogP) is 2.86. The van der Waals surface area contributed by atoms with Crippen molar-refractivity contribution in [3.63, 3.8) is 0 Å². The molecule has 1 rings (SSSR count). The van der Waals surface area contributed by atoms with Crippen LogP contribution >= 0.6 is 0 Å². The van der Waals surface area contributed by atoms with E-state index in [1.807, 2.05) is 40.7 Å². The van der Waals surface area contributed by atoms with Gasteiger partial charge in [0.05, 0.1) is 6.04 Å². The molecule has 0 radical (unpaired) electrons. The molecular formula is C16H28N2O3. The van der Waals surface area contributed by atoms with E-state index in [2.05, 4.69) is 5.32 Å². The molecule has 1 aliphatic rings. The van der Waals surface area contributed by atoms with Gasteiger partial charge >= 0.3 is 6.09 Å². The molecule has 1 N–H and O–H groups in total. The Kier molecular flexibility index (Phi) is 5.81. The first-order valence-electron chi connectivity index (χ1n) is 7.59. The molecule has 120 valence electrons. The van der Waals surface area contributed by atoms with Gasteiger partial charge < -0.3 is 15.0 Å². The Bertz CT molecular complexity index is 422. The lowest BCUT2D eigenvalue weighted by molar-refractivity contribution is -0.117. The molecule has 5 heteroatoms. The van der Waals surface area contributed by atoms with E-state index in [1.54, 1.807) is 11.8 Å². The van der Waals surface area contributed by atoms with Crippen LogP contribution in [0.1, 0.15) is 54.4 Å². The van der Waals surface area contributed by atoms with Gasteiger partial charge in [0.25, 0.3) is 0 Å². The van der Waals surface area contributed by atoms with Gasteiger partial charge in [0.2, 0.25) is 5.91 Å². The van der Waals surface area contributed by atoms with E-state index >= 15 is 0 Å². The van der Waals surface area contributed by atoms with E-state index in [4.69, 9.17) is 4.74 Å². The van der Waals surface area contributed by atoms with Crippen LogP contribution in [0.5, 0.6) is 0 Å². The zero-order chi connectivity index (χ0) is 16.2. The molecule has 0 bridgehead atoms. The molecule has 0 spiro atoms. The highest BCUT2D eigenvalue weighted by molar-refractivity contribution is 5.93. The lowest BCUT2D eigenvalue weighted by atomic mass is 10.1. The van der Waals surface area contributed by atoms with Gasteiger partial charge in [0, 0.05) is 18.2 Å². The molecule has 0 aromatic rings. The Hall–Kier alpha value is -1.52. The van der Waals surface area contributed by atoms with Gasteiger partial charge in [-0.2, -0.15) is 0 Å². The first-order valence-corrected chi connectivity index (χ1v) is 7.59. The minimum absolute atomic E-state index is 0.0576. The molecule has 0 aliphatic carbocycles. The van der Waals surface area contributed by atoms with Gasteiger partial charge in [-0.05, 0) is 54.4 Å². The van der Waals surface area contributed by atoms with Crippen LogP contribution in [-0.4, -0.2) is 41.1 Å². The van der Waals surface area contributed by atoms with Crippen LogP contribution in [0.3, 0.4) is 0 Å². The summed E-state index contributed by atoms with van der Waals surface area (Å²) in [6.07, 6.45) is 3.36. The number of nitrogens with one attached hydrogen (secondary N) is 1. The van der Waals surface area contributed by atoms with E-state index < -0.39 is 5.60 Å². The second kappa shape index (κ2) is 6.96. The van der Waals surface area contributed by atoms with E-state index in [1.165, 1.54) is 0 Å². The third-order valence-electron chi connectivity index (χ3n) is 3.15. The highest BCUT2D eigenvalue weighted by atomic mass is 16.6. The van der Waals surface area contributed by atoms with Gasteiger partial charge in [0.1, 0.15) is 5.60 Å². The standard InChI is InChI=1S/C16H28N2O3/c1-11(2)17-14(19)12(3)10-13-8-7-9-18(13)15(20)21-16(4,5)6/h10-11,13H,7-9H2,1-6H3,(H,17,19)/b12-10-/t13-/m0/s1. The monoisotopic (exact) mass is 296 g/mol. The first-order chi connectivity index (χ1) is 9.60. The summed E-state index contributed by atoms with van der Waals surface area (Å²) in [5.41, 5.74) is 0.141. The number of likely N-dealkylation sites (tertiary alicyclic amines) is 1. The summed E-state index contributed by atoms with van der Waals surface area (Å²) < 4.78 is 5.42. The third kappa shape index (κ3) is 5.78. The maximum atomic E-state index is 12.2. The van der Waals surface area contributed by atoms with Crippen molar-refractivity contribution in [1.29, 1.82) is 0 Å². The van der Waals surface area contributed by atoms with Crippen molar-refractivity contribution in [1.82, 2.24) is 10.2 Å². The number of carbonyl (C=O) groups is 2. The molecule has 21 heavy (non-hydrogen) atoms. The normalized spacial score (nSPS) is 19.9. The molecule has 1 fully saturated rings. The average Bonchev–Trinajstić information content (AvgIpc) is 2.73. The summed E-state index contributed by atoms with van der Waals surface area (Å²) in [5, 5.41) is 2.86. The molecule has 0 aromatic carbocycles. The Balaban J connectivity index is 2.73. The number of amides is 2. The molecule has 1 atom stereocenters. The lowest BCUT2D eigenvalue weighted by Gasteiger charge is -2.27. The zero-order valence-electron chi connectivity index (χ0n) is 14.0. The summed E-state index contributed by atoms with van der Waals surface area (Å²) in [4.78, 5) is 25.8. The van der Waals surface area contributed by atoms with Crippen LogP contribution in [0, 0.1) is 0 Å². The fourth-order valence-electron chi connectivity index (χ4n) is 2.25. The highest BCUT2D eigenvalue weighted by Gasteiger charge is 2.31. The van der Waals surface area contributed by atoms with Crippen molar-refractivity contribution in [3.8, 4) is 0 Å². The summed E-state index contributed by atoms with van der Waals surface area (Å²) in [6, 6.07) is 0.0455. The maximum Gasteiger partial charge on any atom is 0.410 e. The SMILES string of the molecule is C/C(=C/[C@@H]1CCCN1C(=O)OC(C)(C)C)C(=O)NC(C)C. The van der Waals surface area contributed by atoms with Gasteiger partial charge in [-0.1, -0.05) is 6.08 Å². The van der Waals surface area contributed by atoms with Gasteiger partial charge in [0.15, 0.2) is 0 Å². The number of hydrogen-bond donors (Lipinski definition) is 1.